The second kappa shape index (κ2) is 6.48. The number of rotatable bonds is 6. The number of nitrogens with two attached hydrogens (primary N) is 1. The molecule has 0 aliphatic carbocycles. The van der Waals surface area contributed by atoms with Crippen LogP contribution in [-0.2, 0) is 16.1 Å². The number of primary amides is 1. The molecule has 0 radical (unpaired) electrons. The van der Waals surface area contributed by atoms with Gasteiger partial charge in [0, 0.05) is 18.7 Å². The number of ether oxygens (including phenoxy) is 1. The smallest absolute Gasteiger partial charge is 0.236 e. The summed E-state index contributed by atoms with van der Waals surface area (Å²) in [5, 5.41) is 3.66. The summed E-state index contributed by atoms with van der Waals surface area (Å²) in [6, 6.07) is 6.93. The van der Waals surface area contributed by atoms with Crippen molar-refractivity contribution >= 4 is 17.5 Å². The number of amides is 1. The van der Waals surface area contributed by atoms with Gasteiger partial charge in [-0.2, -0.15) is 0 Å². The zero-order valence-electron chi connectivity index (χ0n) is 9.07. The largest absolute Gasteiger partial charge is 0.383 e. The highest BCUT2D eigenvalue weighted by atomic mass is 35.5. The molecule has 1 aromatic rings. The van der Waals surface area contributed by atoms with Crippen molar-refractivity contribution in [3.05, 3.63) is 34.9 Å². The third-order valence-electron chi connectivity index (χ3n) is 2.17. The SMILES string of the molecule is COCC(NCc1ccccc1Cl)C(N)=O. The highest BCUT2D eigenvalue weighted by Crippen LogP contribution is 2.14. The molecule has 0 aliphatic rings. The normalized spacial score (nSPS) is 12.4. The molecule has 5 heteroatoms. The zero-order chi connectivity index (χ0) is 12.0. The average molecular weight is 243 g/mol. The maximum atomic E-state index is 11.0. The minimum atomic E-state index is -0.499. The standard InChI is InChI=1S/C11H15ClN2O2/c1-16-7-10(11(13)15)14-6-8-4-2-3-5-9(8)12/h2-5,10,14H,6-7H2,1H3,(H2,13,15). The maximum absolute atomic E-state index is 11.0. The minimum Gasteiger partial charge on any atom is -0.383 e. The molecule has 4 nitrogen and oxygen atoms in total. The summed E-state index contributed by atoms with van der Waals surface area (Å²) in [5.74, 6) is -0.436. The van der Waals surface area contributed by atoms with E-state index in [1.165, 1.54) is 7.11 Å². The van der Waals surface area contributed by atoms with Crippen molar-refractivity contribution in [2.45, 2.75) is 12.6 Å². The molecule has 0 fully saturated rings. The molecular formula is C11H15ClN2O2. The monoisotopic (exact) mass is 242 g/mol. The lowest BCUT2D eigenvalue weighted by molar-refractivity contribution is -0.121. The van der Waals surface area contributed by atoms with Crippen molar-refractivity contribution in [3.63, 3.8) is 0 Å². The highest BCUT2D eigenvalue weighted by Gasteiger charge is 2.14. The number of benzene rings is 1. The van der Waals surface area contributed by atoms with E-state index in [-0.39, 0.29) is 6.61 Å². The van der Waals surface area contributed by atoms with Gasteiger partial charge in [0.25, 0.3) is 0 Å². The number of halogens is 1. The quantitative estimate of drug-likeness (QED) is 0.780. The Labute approximate surface area is 99.7 Å². The third kappa shape index (κ3) is 3.81. The number of nitrogens with one attached hydrogen (secondary N) is 1. The van der Waals surface area contributed by atoms with E-state index in [4.69, 9.17) is 22.1 Å². The summed E-state index contributed by atoms with van der Waals surface area (Å²) in [5.41, 5.74) is 6.13. The van der Waals surface area contributed by atoms with Gasteiger partial charge in [-0.3, -0.25) is 10.1 Å². The maximum Gasteiger partial charge on any atom is 0.236 e. The van der Waals surface area contributed by atoms with E-state index >= 15 is 0 Å². The van der Waals surface area contributed by atoms with Crippen LogP contribution < -0.4 is 11.1 Å². The van der Waals surface area contributed by atoms with Crippen LogP contribution in [0, 0.1) is 0 Å². The van der Waals surface area contributed by atoms with Gasteiger partial charge in [-0.05, 0) is 11.6 Å². The molecule has 1 atom stereocenters. The average Bonchev–Trinajstić information content (AvgIpc) is 2.26. The number of methoxy groups -OCH3 is 1. The van der Waals surface area contributed by atoms with Gasteiger partial charge >= 0.3 is 0 Å². The lowest BCUT2D eigenvalue weighted by atomic mass is 10.2. The summed E-state index contributed by atoms with van der Waals surface area (Å²) in [6.45, 7) is 0.733. The van der Waals surface area contributed by atoms with E-state index in [0.29, 0.717) is 11.6 Å². The first-order valence-electron chi connectivity index (χ1n) is 4.90. The van der Waals surface area contributed by atoms with E-state index in [1.807, 2.05) is 18.2 Å². The molecule has 0 aliphatic heterocycles. The predicted molar refractivity (Wildman–Crippen MR) is 63.2 cm³/mol. The summed E-state index contributed by atoms with van der Waals surface area (Å²) in [7, 11) is 1.52. The topological polar surface area (TPSA) is 64.3 Å². The molecule has 0 saturated heterocycles. The summed E-state index contributed by atoms with van der Waals surface area (Å²) < 4.78 is 4.89. The van der Waals surface area contributed by atoms with Crippen molar-refractivity contribution < 1.29 is 9.53 Å². The van der Waals surface area contributed by atoms with Crippen LogP contribution in [0.4, 0.5) is 0 Å². The van der Waals surface area contributed by atoms with Gasteiger partial charge in [0.2, 0.25) is 5.91 Å². The molecule has 0 saturated carbocycles. The first-order chi connectivity index (χ1) is 7.65. The van der Waals surface area contributed by atoms with Gasteiger partial charge in [-0.15, -0.1) is 0 Å². The van der Waals surface area contributed by atoms with Crippen LogP contribution in [0.2, 0.25) is 5.02 Å². The van der Waals surface area contributed by atoms with Crippen molar-refractivity contribution in [2.75, 3.05) is 13.7 Å². The van der Waals surface area contributed by atoms with Crippen LogP contribution in [0.5, 0.6) is 0 Å². The third-order valence-corrected chi connectivity index (χ3v) is 2.54. The molecule has 88 valence electrons. The van der Waals surface area contributed by atoms with Crippen molar-refractivity contribution in [3.8, 4) is 0 Å². The fourth-order valence-electron chi connectivity index (χ4n) is 1.28. The number of carbonyl (C=O) groups excluding carboxylic acids is 1. The summed E-state index contributed by atoms with van der Waals surface area (Å²) >= 11 is 5.98. The van der Waals surface area contributed by atoms with Gasteiger partial charge < -0.3 is 10.5 Å². The van der Waals surface area contributed by atoms with Gasteiger partial charge in [0.1, 0.15) is 6.04 Å². The van der Waals surface area contributed by atoms with Crippen LogP contribution in [0.25, 0.3) is 0 Å². The zero-order valence-corrected chi connectivity index (χ0v) is 9.83. The van der Waals surface area contributed by atoms with Crippen LogP contribution in [-0.4, -0.2) is 25.7 Å². The molecule has 16 heavy (non-hydrogen) atoms. The Balaban J connectivity index is 2.55. The van der Waals surface area contributed by atoms with Crippen molar-refractivity contribution in [1.29, 1.82) is 0 Å². The summed E-state index contributed by atoms with van der Waals surface area (Å²) in [6.07, 6.45) is 0. The van der Waals surface area contributed by atoms with Crippen molar-refractivity contribution in [2.24, 2.45) is 5.73 Å². The molecular weight excluding hydrogens is 228 g/mol. The van der Waals surface area contributed by atoms with Crippen LogP contribution >= 0.6 is 11.6 Å². The Morgan fingerprint density at radius 3 is 2.81 bits per heavy atom. The van der Waals surface area contributed by atoms with Crippen LogP contribution in [0.15, 0.2) is 24.3 Å². The Kier molecular flexibility index (Phi) is 5.25. The van der Waals surface area contributed by atoms with Gasteiger partial charge in [0.15, 0.2) is 0 Å². The lowest BCUT2D eigenvalue weighted by Gasteiger charge is -2.14. The Hall–Kier alpha value is -1.10. The Bertz CT molecular complexity index is 358. The minimum absolute atomic E-state index is 0.250. The van der Waals surface area contributed by atoms with Crippen LogP contribution in [0.3, 0.4) is 0 Å². The summed E-state index contributed by atoms with van der Waals surface area (Å²) in [4.78, 5) is 11.0. The number of hydrogen-bond donors (Lipinski definition) is 2. The van der Waals surface area contributed by atoms with Gasteiger partial charge in [0.05, 0.1) is 6.61 Å². The molecule has 3 N–H and O–H groups in total. The van der Waals surface area contributed by atoms with E-state index < -0.39 is 11.9 Å². The molecule has 1 unspecified atom stereocenters. The molecule has 1 aromatic carbocycles. The second-order valence-electron chi connectivity index (χ2n) is 3.38. The van der Waals surface area contributed by atoms with E-state index in [1.54, 1.807) is 6.07 Å². The predicted octanol–water partition coefficient (Wildman–Crippen LogP) is 0.930. The molecule has 0 aromatic heterocycles. The first kappa shape index (κ1) is 13.0. The highest BCUT2D eigenvalue weighted by molar-refractivity contribution is 6.31. The van der Waals surface area contributed by atoms with E-state index in [0.717, 1.165) is 5.56 Å². The van der Waals surface area contributed by atoms with E-state index in [2.05, 4.69) is 5.32 Å². The Morgan fingerprint density at radius 1 is 1.56 bits per heavy atom. The number of carbonyl (C=O) groups is 1. The number of hydrogen-bond acceptors (Lipinski definition) is 3. The fourth-order valence-corrected chi connectivity index (χ4v) is 1.49. The van der Waals surface area contributed by atoms with Gasteiger partial charge in [-0.1, -0.05) is 29.8 Å². The Morgan fingerprint density at radius 2 is 2.25 bits per heavy atom. The molecule has 0 heterocycles. The first-order valence-corrected chi connectivity index (χ1v) is 5.28. The van der Waals surface area contributed by atoms with Gasteiger partial charge in [-0.25, -0.2) is 0 Å². The molecule has 1 amide bonds. The van der Waals surface area contributed by atoms with Crippen molar-refractivity contribution in [1.82, 2.24) is 5.32 Å². The lowest BCUT2D eigenvalue weighted by Crippen LogP contribution is -2.44. The van der Waals surface area contributed by atoms with Crippen LogP contribution in [0.1, 0.15) is 5.56 Å². The molecule has 0 bridgehead atoms. The second-order valence-corrected chi connectivity index (χ2v) is 3.79. The fraction of sp³-hybridized carbons (Fsp3) is 0.364. The molecule has 0 spiro atoms. The molecule has 1 rings (SSSR count). The van der Waals surface area contributed by atoms with E-state index in [9.17, 15) is 4.79 Å².